The molecule has 1 N–H and O–H groups in total. The molecule has 146 valence electrons. The molecule has 0 saturated carbocycles. The first-order valence-electron chi connectivity index (χ1n) is 9.27. The van der Waals surface area contributed by atoms with E-state index in [9.17, 15) is 4.79 Å². The largest absolute Gasteiger partial charge is 0.356 e. The zero-order valence-corrected chi connectivity index (χ0v) is 16.9. The molecule has 1 aliphatic rings. The van der Waals surface area contributed by atoms with E-state index in [-0.39, 0.29) is 11.8 Å². The van der Waals surface area contributed by atoms with Gasteiger partial charge in [0.05, 0.1) is 17.5 Å². The standard InChI is InChI=1S/C20H27ClN4O2/c1-24(2)16-9-8-14(12-25(3)13-16)20(26)22-11-15-10-19(27-23-15)17-6-4-5-7-18(17)21/h4-7,10,14,16H,8-9,11-13H2,1-3H3,(H,22,26)/t14-,16+/m1/s1. The summed E-state index contributed by atoms with van der Waals surface area (Å²) >= 11 is 6.19. The molecule has 2 atom stereocenters. The number of hydrogen-bond donors (Lipinski definition) is 1. The molecule has 1 saturated heterocycles. The van der Waals surface area contributed by atoms with Gasteiger partial charge in [-0.15, -0.1) is 0 Å². The normalized spacial score (nSPS) is 21.2. The van der Waals surface area contributed by atoms with Crippen LogP contribution >= 0.6 is 11.6 Å². The van der Waals surface area contributed by atoms with Gasteiger partial charge in [-0.2, -0.15) is 0 Å². The van der Waals surface area contributed by atoms with Gasteiger partial charge in [0.2, 0.25) is 5.91 Å². The van der Waals surface area contributed by atoms with Crippen molar-refractivity contribution in [3.8, 4) is 11.3 Å². The Morgan fingerprint density at radius 1 is 1.33 bits per heavy atom. The molecule has 1 aromatic carbocycles. The lowest BCUT2D eigenvalue weighted by molar-refractivity contribution is -0.125. The molecule has 0 spiro atoms. The van der Waals surface area contributed by atoms with Gasteiger partial charge in [-0.3, -0.25) is 4.79 Å². The first-order valence-corrected chi connectivity index (χ1v) is 9.65. The number of halogens is 1. The molecule has 6 nitrogen and oxygen atoms in total. The number of likely N-dealkylation sites (tertiary alicyclic amines) is 1. The third kappa shape index (κ3) is 5.09. The van der Waals surface area contributed by atoms with Crippen molar-refractivity contribution in [1.82, 2.24) is 20.3 Å². The summed E-state index contributed by atoms with van der Waals surface area (Å²) in [5.41, 5.74) is 1.48. The van der Waals surface area contributed by atoms with E-state index >= 15 is 0 Å². The zero-order chi connectivity index (χ0) is 19.4. The van der Waals surface area contributed by atoms with Gasteiger partial charge in [-0.05, 0) is 46.1 Å². The van der Waals surface area contributed by atoms with Crippen molar-refractivity contribution in [1.29, 1.82) is 0 Å². The highest BCUT2D eigenvalue weighted by molar-refractivity contribution is 6.33. The van der Waals surface area contributed by atoms with Crippen molar-refractivity contribution >= 4 is 17.5 Å². The Bertz CT molecular complexity index is 777. The van der Waals surface area contributed by atoms with Gasteiger partial charge in [-0.25, -0.2) is 0 Å². The number of rotatable bonds is 5. The fraction of sp³-hybridized carbons (Fsp3) is 0.500. The average molecular weight is 391 g/mol. The Morgan fingerprint density at radius 3 is 2.85 bits per heavy atom. The van der Waals surface area contributed by atoms with Crippen LogP contribution in [0.4, 0.5) is 0 Å². The summed E-state index contributed by atoms with van der Waals surface area (Å²) < 4.78 is 5.39. The minimum absolute atomic E-state index is 0.00473. The van der Waals surface area contributed by atoms with Gasteiger partial charge in [0.25, 0.3) is 0 Å². The highest BCUT2D eigenvalue weighted by atomic mass is 35.5. The molecule has 27 heavy (non-hydrogen) atoms. The third-order valence-corrected chi connectivity index (χ3v) is 5.48. The van der Waals surface area contributed by atoms with Crippen LogP contribution in [-0.2, 0) is 11.3 Å². The first kappa shape index (κ1) is 19.9. The summed E-state index contributed by atoms with van der Waals surface area (Å²) in [6, 6.07) is 9.77. The highest BCUT2D eigenvalue weighted by Gasteiger charge is 2.27. The summed E-state index contributed by atoms with van der Waals surface area (Å²) in [5.74, 6) is 0.673. The van der Waals surface area contributed by atoms with Gasteiger partial charge >= 0.3 is 0 Å². The first-order chi connectivity index (χ1) is 12.9. The lowest BCUT2D eigenvalue weighted by Crippen LogP contribution is -2.39. The fourth-order valence-corrected chi connectivity index (χ4v) is 3.76. The molecule has 1 aromatic heterocycles. The Labute approximate surface area is 165 Å². The van der Waals surface area contributed by atoms with E-state index in [1.807, 2.05) is 30.3 Å². The van der Waals surface area contributed by atoms with Crippen molar-refractivity contribution in [2.24, 2.45) is 5.92 Å². The molecular weight excluding hydrogens is 364 g/mol. The summed E-state index contributed by atoms with van der Waals surface area (Å²) in [4.78, 5) is 17.1. The molecule has 2 aromatic rings. The minimum atomic E-state index is -0.00473. The van der Waals surface area contributed by atoms with Crippen molar-refractivity contribution in [2.45, 2.75) is 25.4 Å². The van der Waals surface area contributed by atoms with Crippen LogP contribution in [0.5, 0.6) is 0 Å². The highest BCUT2D eigenvalue weighted by Crippen LogP contribution is 2.28. The summed E-state index contributed by atoms with van der Waals surface area (Å²) in [5, 5.41) is 7.67. The van der Waals surface area contributed by atoms with Gasteiger partial charge in [0.1, 0.15) is 5.69 Å². The van der Waals surface area contributed by atoms with Crippen LogP contribution in [0.25, 0.3) is 11.3 Å². The van der Waals surface area contributed by atoms with Crippen LogP contribution in [0.1, 0.15) is 18.5 Å². The van der Waals surface area contributed by atoms with Crippen molar-refractivity contribution in [3.05, 3.63) is 41.0 Å². The molecule has 0 unspecified atom stereocenters. The predicted octanol–water partition coefficient (Wildman–Crippen LogP) is 2.88. The molecule has 0 bridgehead atoms. The molecular formula is C20H27ClN4O2. The van der Waals surface area contributed by atoms with Crippen molar-refractivity contribution in [2.75, 3.05) is 34.2 Å². The van der Waals surface area contributed by atoms with Crippen LogP contribution in [0.3, 0.4) is 0 Å². The van der Waals surface area contributed by atoms with Gasteiger partial charge in [0.15, 0.2) is 5.76 Å². The van der Waals surface area contributed by atoms with Crippen LogP contribution in [-0.4, -0.2) is 61.1 Å². The van der Waals surface area contributed by atoms with E-state index in [1.54, 1.807) is 0 Å². The molecule has 1 aliphatic heterocycles. The molecule has 1 amide bonds. The zero-order valence-electron chi connectivity index (χ0n) is 16.1. The molecule has 2 heterocycles. The van der Waals surface area contributed by atoms with Crippen LogP contribution < -0.4 is 5.32 Å². The summed E-state index contributed by atoms with van der Waals surface area (Å²) in [6.07, 6.45) is 1.92. The number of nitrogens with zero attached hydrogens (tertiary/aromatic N) is 3. The van der Waals surface area contributed by atoms with E-state index in [4.69, 9.17) is 16.1 Å². The number of aromatic nitrogens is 1. The second-order valence-corrected chi connectivity index (χ2v) is 7.90. The summed E-state index contributed by atoms with van der Waals surface area (Å²) in [6.45, 7) is 2.12. The quantitative estimate of drug-likeness (QED) is 0.850. The molecule has 1 fully saturated rings. The van der Waals surface area contributed by atoms with E-state index in [0.29, 0.717) is 29.1 Å². The Kier molecular flexibility index (Phi) is 6.52. The monoisotopic (exact) mass is 390 g/mol. The van der Waals surface area contributed by atoms with E-state index in [2.05, 4.69) is 41.4 Å². The number of carbonyl (C=O) groups is 1. The SMILES string of the molecule is CN1C[C@H](C(=O)NCc2cc(-c3ccccc3Cl)on2)CC[C@H](N(C)C)C1. The van der Waals surface area contributed by atoms with E-state index < -0.39 is 0 Å². The average Bonchev–Trinajstić information content (AvgIpc) is 3.01. The second kappa shape index (κ2) is 8.87. The second-order valence-electron chi connectivity index (χ2n) is 7.49. The van der Waals surface area contributed by atoms with Crippen LogP contribution in [0.2, 0.25) is 5.02 Å². The maximum absolute atomic E-state index is 12.6. The number of benzene rings is 1. The van der Waals surface area contributed by atoms with Crippen LogP contribution in [0, 0.1) is 5.92 Å². The number of likely N-dealkylation sites (N-methyl/N-ethyl adjacent to an activating group) is 2. The topological polar surface area (TPSA) is 61.6 Å². The maximum atomic E-state index is 12.6. The molecule has 0 radical (unpaired) electrons. The van der Waals surface area contributed by atoms with E-state index in [1.165, 1.54) is 0 Å². The van der Waals surface area contributed by atoms with Crippen LogP contribution in [0.15, 0.2) is 34.9 Å². The lowest BCUT2D eigenvalue weighted by atomic mass is 10.0. The maximum Gasteiger partial charge on any atom is 0.224 e. The minimum Gasteiger partial charge on any atom is -0.356 e. The Morgan fingerprint density at radius 2 is 2.11 bits per heavy atom. The molecule has 3 rings (SSSR count). The lowest BCUT2D eigenvalue weighted by Gasteiger charge is -2.25. The Hall–Kier alpha value is -1.89. The predicted molar refractivity (Wildman–Crippen MR) is 106 cm³/mol. The van der Waals surface area contributed by atoms with Crippen molar-refractivity contribution in [3.63, 3.8) is 0 Å². The van der Waals surface area contributed by atoms with Gasteiger partial charge in [-0.1, -0.05) is 28.9 Å². The van der Waals surface area contributed by atoms with Gasteiger partial charge < -0.3 is 19.6 Å². The van der Waals surface area contributed by atoms with E-state index in [0.717, 1.165) is 31.5 Å². The van der Waals surface area contributed by atoms with Crippen molar-refractivity contribution < 1.29 is 9.32 Å². The molecule has 0 aliphatic carbocycles. The number of nitrogens with one attached hydrogen (secondary N) is 1. The Balaban J connectivity index is 1.57. The summed E-state index contributed by atoms with van der Waals surface area (Å²) in [7, 11) is 6.27. The smallest absolute Gasteiger partial charge is 0.224 e. The molecule has 7 heteroatoms. The number of hydrogen-bond acceptors (Lipinski definition) is 5. The van der Waals surface area contributed by atoms with Gasteiger partial charge in [0, 0.05) is 30.8 Å². The third-order valence-electron chi connectivity index (χ3n) is 5.15. The number of amides is 1. The fourth-order valence-electron chi connectivity index (χ4n) is 3.53. The number of carbonyl (C=O) groups excluding carboxylic acids is 1.